The molecule has 168 valence electrons. The highest BCUT2D eigenvalue weighted by Crippen LogP contribution is 2.43. The van der Waals surface area contributed by atoms with Crippen LogP contribution >= 0.6 is 0 Å². The van der Waals surface area contributed by atoms with E-state index in [1.165, 1.54) is 0 Å². The first-order valence-corrected chi connectivity index (χ1v) is 10.5. The Labute approximate surface area is 180 Å². The van der Waals surface area contributed by atoms with Crippen molar-refractivity contribution in [3.8, 4) is 0 Å². The van der Waals surface area contributed by atoms with Gasteiger partial charge < -0.3 is 15.0 Å². The van der Waals surface area contributed by atoms with Crippen LogP contribution in [0, 0.1) is 12.8 Å². The number of halogens is 2. The number of aromatic nitrogens is 4. The summed E-state index contributed by atoms with van der Waals surface area (Å²) in [5, 5.41) is 7.22. The number of aryl methyl sites for hydroxylation is 3. The molecule has 0 bridgehead atoms. The summed E-state index contributed by atoms with van der Waals surface area (Å²) < 4.78 is 33.1. The van der Waals surface area contributed by atoms with Gasteiger partial charge in [-0.2, -0.15) is 5.10 Å². The molecule has 1 amide bonds. The van der Waals surface area contributed by atoms with Crippen LogP contribution in [0.15, 0.2) is 12.4 Å². The summed E-state index contributed by atoms with van der Waals surface area (Å²) in [6.07, 6.45) is 4.56. The first-order chi connectivity index (χ1) is 14.7. The van der Waals surface area contributed by atoms with Crippen LogP contribution < -0.4 is 10.2 Å². The molecule has 31 heavy (non-hydrogen) atoms. The van der Waals surface area contributed by atoms with Crippen molar-refractivity contribution in [3.05, 3.63) is 29.5 Å². The molecule has 1 N–H and O–H groups in total. The Morgan fingerprint density at radius 3 is 2.74 bits per heavy atom. The number of fused-ring (bicyclic) bond motifs is 1. The van der Waals surface area contributed by atoms with E-state index in [0.29, 0.717) is 42.4 Å². The van der Waals surface area contributed by atoms with Crippen molar-refractivity contribution in [2.75, 3.05) is 24.4 Å². The van der Waals surface area contributed by atoms with Crippen LogP contribution in [0.3, 0.4) is 0 Å². The number of carbonyl (C=O) groups excluding carboxylic acids is 1. The topological polar surface area (TPSA) is 85.2 Å². The predicted octanol–water partition coefficient (Wildman–Crippen LogP) is 2.60. The number of carbonyl (C=O) groups is 1. The number of likely N-dealkylation sites (N-methyl/N-ethyl adjacent to an activating group) is 1. The Morgan fingerprint density at radius 1 is 1.32 bits per heavy atom. The zero-order valence-electron chi connectivity index (χ0n) is 18.2. The second-order valence-corrected chi connectivity index (χ2v) is 8.61. The molecule has 2 aliphatic rings. The molecule has 1 aliphatic carbocycles. The van der Waals surface area contributed by atoms with Crippen LogP contribution in [0.4, 0.5) is 20.3 Å². The van der Waals surface area contributed by atoms with E-state index in [0.717, 1.165) is 5.56 Å². The molecule has 0 radical (unpaired) electrons. The third-order valence-corrected chi connectivity index (χ3v) is 6.15. The summed E-state index contributed by atoms with van der Waals surface area (Å²) in [6.45, 7) is 4.22. The summed E-state index contributed by atoms with van der Waals surface area (Å²) in [4.78, 5) is 23.6. The molecule has 2 atom stereocenters. The minimum atomic E-state index is -2.50. The van der Waals surface area contributed by atoms with Crippen LogP contribution in [-0.4, -0.2) is 57.9 Å². The highest BCUT2D eigenvalue weighted by Gasteiger charge is 2.45. The fourth-order valence-corrected chi connectivity index (χ4v) is 4.36. The van der Waals surface area contributed by atoms with Crippen molar-refractivity contribution < 1.29 is 18.3 Å². The number of alkyl halides is 2. The summed E-state index contributed by atoms with van der Waals surface area (Å²) >= 11 is 0. The van der Waals surface area contributed by atoms with Gasteiger partial charge in [0, 0.05) is 46.2 Å². The van der Waals surface area contributed by atoms with Gasteiger partial charge in [-0.15, -0.1) is 0 Å². The number of methoxy groups -OCH3 is 1. The van der Waals surface area contributed by atoms with Crippen molar-refractivity contribution in [2.24, 2.45) is 5.92 Å². The number of hydrogen-bond donors (Lipinski definition) is 1. The molecule has 1 fully saturated rings. The van der Waals surface area contributed by atoms with Gasteiger partial charge in [0.15, 0.2) is 5.82 Å². The van der Waals surface area contributed by atoms with E-state index < -0.39 is 12.0 Å². The van der Waals surface area contributed by atoms with Crippen molar-refractivity contribution in [2.45, 2.75) is 64.1 Å². The molecule has 0 unspecified atom stereocenters. The summed E-state index contributed by atoms with van der Waals surface area (Å²) in [5.41, 5.74) is 2.35. The number of nitrogens with zero attached hydrogens (tertiary/aromatic N) is 5. The maximum atomic E-state index is 13.0. The molecule has 4 rings (SSSR count). The minimum Gasteiger partial charge on any atom is -0.379 e. The van der Waals surface area contributed by atoms with Gasteiger partial charge in [-0.1, -0.05) is 0 Å². The van der Waals surface area contributed by atoms with Crippen LogP contribution in [0.2, 0.25) is 0 Å². The number of nitrogens with one attached hydrogen (secondary N) is 1. The third-order valence-electron chi connectivity index (χ3n) is 6.15. The lowest BCUT2D eigenvalue weighted by molar-refractivity contribution is -0.120. The minimum absolute atomic E-state index is 0.0115. The maximum absolute atomic E-state index is 13.0. The van der Waals surface area contributed by atoms with Gasteiger partial charge in [-0.05, 0) is 31.7 Å². The standard InChI is InChI=1S/C21H28F2N6O2/c1-12-17-19(28(3)18(13(2)31-4)20(30)27-17)26-16(25-12)6-5-14-9-24-29(10-14)11-15-7-21(22,23)8-15/h9-10,13,15,18H,5-8,11H2,1-4H3,(H,27,30)/t13-,18-/m0/s1. The predicted molar refractivity (Wildman–Crippen MR) is 111 cm³/mol. The Kier molecular flexibility index (Phi) is 5.67. The molecule has 3 heterocycles. The lowest BCUT2D eigenvalue weighted by Crippen LogP contribution is -2.53. The monoisotopic (exact) mass is 434 g/mol. The highest BCUT2D eigenvalue weighted by atomic mass is 19.3. The average Bonchev–Trinajstić information content (AvgIpc) is 3.13. The molecule has 1 saturated carbocycles. The normalized spacial score (nSPS) is 21.4. The largest absolute Gasteiger partial charge is 0.379 e. The van der Waals surface area contributed by atoms with E-state index in [-0.39, 0.29) is 30.8 Å². The van der Waals surface area contributed by atoms with E-state index in [4.69, 9.17) is 9.72 Å². The summed E-state index contributed by atoms with van der Waals surface area (Å²) in [6, 6.07) is -0.475. The van der Waals surface area contributed by atoms with E-state index in [2.05, 4.69) is 15.4 Å². The molecule has 10 heteroatoms. The number of rotatable bonds is 7. The Morgan fingerprint density at radius 2 is 2.06 bits per heavy atom. The van der Waals surface area contributed by atoms with Crippen molar-refractivity contribution >= 4 is 17.4 Å². The molecule has 0 spiro atoms. The number of hydrogen-bond acceptors (Lipinski definition) is 6. The SMILES string of the molecule is CO[C@@H](C)[C@H]1C(=O)Nc2c(C)nc(CCc3cnn(CC4CC(F)(F)C4)c3)nc2N1C. The van der Waals surface area contributed by atoms with E-state index >= 15 is 0 Å². The highest BCUT2D eigenvalue weighted by molar-refractivity contribution is 6.03. The van der Waals surface area contributed by atoms with E-state index in [1.54, 1.807) is 18.0 Å². The first kappa shape index (κ1) is 21.6. The second-order valence-electron chi connectivity index (χ2n) is 8.61. The van der Waals surface area contributed by atoms with Crippen molar-refractivity contribution in [3.63, 3.8) is 0 Å². The molecular weight excluding hydrogens is 406 g/mol. The van der Waals surface area contributed by atoms with Crippen LogP contribution in [0.25, 0.3) is 0 Å². The van der Waals surface area contributed by atoms with Gasteiger partial charge in [0.05, 0.1) is 18.0 Å². The zero-order valence-corrected chi connectivity index (χ0v) is 18.2. The fraction of sp³-hybridized carbons (Fsp3) is 0.619. The molecule has 2 aromatic rings. The Balaban J connectivity index is 1.43. The summed E-state index contributed by atoms with van der Waals surface area (Å²) in [7, 11) is 3.41. The Hall–Kier alpha value is -2.62. The quantitative estimate of drug-likeness (QED) is 0.721. The Bertz CT molecular complexity index is 971. The summed E-state index contributed by atoms with van der Waals surface area (Å²) in [5.74, 6) is -1.30. The van der Waals surface area contributed by atoms with E-state index in [9.17, 15) is 13.6 Å². The number of anilines is 2. The van der Waals surface area contributed by atoms with Gasteiger partial charge >= 0.3 is 0 Å². The van der Waals surface area contributed by atoms with Crippen molar-refractivity contribution in [1.29, 1.82) is 0 Å². The van der Waals surface area contributed by atoms with E-state index in [1.807, 2.05) is 32.0 Å². The number of amides is 1. The van der Waals surface area contributed by atoms with Crippen molar-refractivity contribution in [1.82, 2.24) is 19.7 Å². The maximum Gasteiger partial charge on any atom is 0.249 e. The van der Waals surface area contributed by atoms with Crippen LogP contribution in [-0.2, 0) is 28.9 Å². The molecule has 0 saturated heterocycles. The van der Waals surface area contributed by atoms with Gasteiger partial charge in [-0.3, -0.25) is 9.48 Å². The van der Waals surface area contributed by atoms with Crippen LogP contribution in [0.1, 0.15) is 36.8 Å². The lowest BCUT2D eigenvalue weighted by Gasteiger charge is -2.37. The number of ether oxygens (including phenoxy) is 1. The average molecular weight is 434 g/mol. The molecule has 1 aliphatic heterocycles. The second kappa shape index (κ2) is 8.14. The third kappa shape index (κ3) is 4.39. The van der Waals surface area contributed by atoms with Gasteiger partial charge in [-0.25, -0.2) is 18.7 Å². The lowest BCUT2D eigenvalue weighted by atomic mass is 9.81. The van der Waals surface area contributed by atoms with Gasteiger partial charge in [0.2, 0.25) is 11.8 Å². The fourth-order valence-electron chi connectivity index (χ4n) is 4.36. The molecular formula is C21H28F2N6O2. The van der Waals surface area contributed by atoms with Gasteiger partial charge in [0.1, 0.15) is 17.6 Å². The first-order valence-electron chi connectivity index (χ1n) is 10.5. The molecule has 8 nitrogen and oxygen atoms in total. The molecule has 2 aromatic heterocycles. The smallest absolute Gasteiger partial charge is 0.249 e. The zero-order chi connectivity index (χ0) is 22.3. The van der Waals surface area contributed by atoms with Crippen LogP contribution in [0.5, 0.6) is 0 Å². The molecule has 0 aromatic carbocycles. The van der Waals surface area contributed by atoms with Gasteiger partial charge in [0.25, 0.3) is 0 Å².